The highest BCUT2D eigenvalue weighted by Crippen LogP contribution is 2.55. The second-order valence-electron chi connectivity index (χ2n) is 4.45. The van der Waals surface area contributed by atoms with Crippen molar-refractivity contribution in [2.24, 2.45) is 5.92 Å². The van der Waals surface area contributed by atoms with Crippen LogP contribution in [0.25, 0.3) is 0 Å². The quantitative estimate of drug-likeness (QED) is 0.669. The fourth-order valence-electron chi connectivity index (χ4n) is 3.16. The standard InChI is InChI=1S/C14H13NO/c1-16-14-8-4-6-11(13(14)9-15)10-5-2-3-7-12(10)14/h2-7,11,13H,8H2,1H3/t11-,13+,14-/m0/s1. The highest BCUT2D eigenvalue weighted by Gasteiger charge is 2.53. The normalized spacial score (nSPS) is 34.5. The number of ether oxygens (including phenoxy) is 1. The van der Waals surface area contributed by atoms with Gasteiger partial charge in [0.2, 0.25) is 0 Å². The molecule has 16 heavy (non-hydrogen) atoms. The predicted octanol–water partition coefficient (Wildman–Crippen LogP) is 2.73. The molecule has 2 nitrogen and oxygen atoms in total. The first-order valence-corrected chi connectivity index (χ1v) is 5.54. The summed E-state index contributed by atoms with van der Waals surface area (Å²) in [5, 5.41) is 9.38. The average molecular weight is 211 g/mol. The molecule has 3 rings (SSSR count). The van der Waals surface area contributed by atoms with Crippen molar-refractivity contribution >= 4 is 0 Å². The van der Waals surface area contributed by atoms with E-state index in [0.29, 0.717) is 0 Å². The molecule has 0 aliphatic heterocycles. The molecule has 1 aromatic carbocycles. The van der Waals surface area contributed by atoms with E-state index in [1.807, 2.05) is 12.1 Å². The van der Waals surface area contributed by atoms with Gasteiger partial charge in [-0.25, -0.2) is 0 Å². The minimum Gasteiger partial charge on any atom is -0.372 e. The summed E-state index contributed by atoms with van der Waals surface area (Å²) in [6, 6.07) is 10.7. The van der Waals surface area contributed by atoms with E-state index in [0.717, 1.165) is 6.42 Å². The third-order valence-electron chi connectivity index (χ3n) is 3.91. The lowest BCUT2D eigenvalue weighted by Gasteiger charge is -2.34. The Hall–Kier alpha value is -1.59. The second kappa shape index (κ2) is 3.20. The van der Waals surface area contributed by atoms with Crippen LogP contribution in [-0.4, -0.2) is 7.11 Å². The zero-order valence-corrected chi connectivity index (χ0v) is 9.18. The monoisotopic (exact) mass is 211 g/mol. The number of nitrogens with zero attached hydrogens (tertiary/aromatic N) is 1. The topological polar surface area (TPSA) is 33.0 Å². The predicted molar refractivity (Wildman–Crippen MR) is 60.7 cm³/mol. The van der Waals surface area contributed by atoms with E-state index in [-0.39, 0.29) is 11.8 Å². The summed E-state index contributed by atoms with van der Waals surface area (Å²) in [7, 11) is 1.71. The van der Waals surface area contributed by atoms with Crippen LogP contribution >= 0.6 is 0 Å². The van der Waals surface area contributed by atoms with Gasteiger partial charge in [-0.15, -0.1) is 0 Å². The van der Waals surface area contributed by atoms with Crippen molar-refractivity contribution < 1.29 is 4.74 Å². The molecule has 0 saturated carbocycles. The van der Waals surface area contributed by atoms with Crippen molar-refractivity contribution in [2.45, 2.75) is 17.9 Å². The van der Waals surface area contributed by atoms with E-state index < -0.39 is 5.60 Å². The number of methoxy groups -OCH3 is 1. The third-order valence-corrected chi connectivity index (χ3v) is 3.91. The first-order chi connectivity index (χ1) is 7.83. The zero-order chi connectivity index (χ0) is 11.2. The van der Waals surface area contributed by atoms with Crippen molar-refractivity contribution in [3.63, 3.8) is 0 Å². The molecule has 80 valence electrons. The fraction of sp³-hybridized carbons (Fsp3) is 0.357. The van der Waals surface area contributed by atoms with Gasteiger partial charge in [0.15, 0.2) is 0 Å². The largest absolute Gasteiger partial charge is 0.372 e. The van der Waals surface area contributed by atoms with Gasteiger partial charge in [0.25, 0.3) is 0 Å². The van der Waals surface area contributed by atoms with Crippen LogP contribution < -0.4 is 0 Å². The van der Waals surface area contributed by atoms with Crippen LogP contribution in [0.1, 0.15) is 23.5 Å². The van der Waals surface area contributed by atoms with E-state index in [1.54, 1.807) is 7.11 Å². The van der Waals surface area contributed by atoms with Gasteiger partial charge < -0.3 is 4.74 Å². The molecule has 3 atom stereocenters. The molecule has 0 aromatic heterocycles. The van der Waals surface area contributed by atoms with Crippen LogP contribution in [0.15, 0.2) is 36.4 Å². The van der Waals surface area contributed by atoms with Gasteiger partial charge in [-0.2, -0.15) is 5.26 Å². The summed E-state index contributed by atoms with van der Waals surface area (Å²) in [6.07, 6.45) is 5.09. The van der Waals surface area contributed by atoms with Crippen LogP contribution in [-0.2, 0) is 10.3 Å². The maximum Gasteiger partial charge on any atom is 0.113 e. The number of hydrogen-bond acceptors (Lipinski definition) is 2. The van der Waals surface area contributed by atoms with Crippen molar-refractivity contribution in [1.29, 1.82) is 5.26 Å². The Labute approximate surface area is 95.2 Å². The van der Waals surface area contributed by atoms with Crippen molar-refractivity contribution in [1.82, 2.24) is 0 Å². The summed E-state index contributed by atoms with van der Waals surface area (Å²) in [4.78, 5) is 0. The maximum absolute atomic E-state index is 9.38. The van der Waals surface area contributed by atoms with Gasteiger partial charge in [0, 0.05) is 13.0 Å². The smallest absolute Gasteiger partial charge is 0.113 e. The molecule has 0 radical (unpaired) electrons. The van der Waals surface area contributed by atoms with Gasteiger partial charge >= 0.3 is 0 Å². The van der Waals surface area contributed by atoms with Gasteiger partial charge in [0.05, 0.1) is 12.0 Å². The van der Waals surface area contributed by atoms with Gasteiger partial charge in [0.1, 0.15) is 5.60 Å². The molecule has 2 aliphatic rings. The third kappa shape index (κ3) is 0.942. The molecule has 0 unspecified atom stereocenters. The number of nitriles is 1. The Morgan fingerprint density at radius 2 is 2.25 bits per heavy atom. The Morgan fingerprint density at radius 1 is 1.44 bits per heavy atom. The molecule has 0 spiro atoms. The zero-order valence-electron chi connectivity index (χ0n) is 9.18. The Bertz CT molecular complexity index is 500. The van der Waals surface area contributed by atoms with Crippen molar-refractivity contribution in [2.75, 3.05) is 7.11 Å². The van der Waals surface area contributed by atoms with Crippen molar-refractivity contribution in [3.8, 4) is 6.07 Å². The average Bonchev–Trinajstić information content (AvgIpc) is 2.51. The fourth-order valence-corrected chi connectivity index (χ4v) is 3.16. The van der Waals surface area contributed by atoms with Crippen LogP contribution in [0.3, 0.4) is 0 Å². The van der Waals surface area contributed by atoms with Crippen LogP contribution in [0.4, 0.5) is 0 Å². The lowest BCUT2D eigenvalue weighted by atomic mass is 9.78. The summed E-state index contributed by atoms with van der Waals surface area (Å²) in [5.74, 6) is 0.120. The van der Waals surface area contributed by atoms with Crippen molar-refractivity contribution in [3.05, 3.63) is 47.5 Å². The SMILES string of the molecule is CO[C@@]12CC=C[C@@H](c3ccccc31)[C@H]2C#N. The first-order valence-electron chi connectivity index (χ1n) is 5.54. The molecule has 2 bridgehead atoms. The highest BCUT2D eigenvalue weighted by atomic mass is 16.5. The number of allylic oxidation sites excluding steroid dienone is 1. The van der Waals surface area contributed by atoms with E-state index in [4.69, 9.17) is 4.74 Å². The minimum absolute atomic E-state index is 0.0834. The molecule has 0 N–H and O–H groups in total. The molecule has 2 aliphatic carbocycles. The lowest BCUT2D eigenvalue weighted by Crippen LogP contribution is -2.35. The number of benzene rings is 1. The Morgan fingerprint density at radius 3 is 3.00 bits per heavy atom. The summed E-state index contributed by atoms with van der Waals surface area (Å²) in [5.41, 5.74) is 2.04. The van der Waals surface area contributed by atoms with Gasteiger partial charge in [-0.3, -0.25) is 0 Å². The highest BCUT2D eigenvalue weighted by molar-refractivity contribution is 5.49. The van der Waals surface area contributed by atoms with Crippen LogP contribution in [0.5, 0.6) is 0 Å². The van der Waals surface area contributed by atoms with Crippen LogP contribution in [0, 0.1) is 17.2 Å². The summed E-state index contributed by atoms with van der Waals surface area (Å²) in [6.45, 7) is 0. The van der Waals surface area contributed by atoms with E-state index >= 15 is 0 Å². The van der Waals surface area contributed by atoms with Gasteiger partial charge in [-0.05, 0) is 17.5 Å². The molecule has 2 heteroatoms. The first kappa shape index (κ1) is 9.62. The molecule has 0 saturated heterocycles. The van der Waals surface area contributed by atoms with E-state index in [9.17, 15) is 5.26 Å². The lowest BCUT2D eigenvalue weighted by molar-refractivity contribution is -0.0410. The number of rotatable bonds is 1. The van der Waals surface area contributed by atoms with Gasteiger partial charge in [-0.1, -0.05) is 36.4 Å². The molecule has 1 aromatic rings. The Balaban J connectivity index is 2.29. The molecular formula is C14H13NO. The molecular weight excluding hydrogens is 198 g/mol. The molecule has 0 heterocycles. The summed E-state index contributed by atoms with van der Waals surface area (Å²) >= 11 is 0. The molecule has 0 fully saturated rings. The molecule has 0 amide bonds. The number of fused-ring (bicyclic) bond motifs is 5. The van der Waals surface area contributed by atoms with E-state index in [1.165, 1.54) is 11.1 Å². The minimum atomic E-state index is -0.412. The van der Waals surface area contributed by atoms with E-state index in [2.05, 4.69) is 30.4 Å². The maximum atomic E-state index is 9.38. The van der Waals surface area contributed by atoms with Crippen LogP contribution in [0.2, 0.25) is 0 Å². The number of hydrogen-bond donors (Lipinski definition) is 0. The second-order valence-corrected chi connectivity index (χ2v) is 4.45. The Kier molecular flexibility index (Phi) is 1.92. The summed E-state index contributed by atoms with van der Waals surface area (Å²) < 4.78 is 5.73.